The summed E-state index contributed by atoms with van der Waals surface area (Å²) in [5.74, 6) is -0.763. The number of anilines is 1. The van der Waals surface area contributed by atoms with Crippen LogP contribution in [0.2, 0.25) is 0 Å². The first-order valence-corrected chi connectivity index (χ1v) is 8.47. The molecule has 2 heterocycles. The Balaban J connectivity index is 1.83. The number of fused-ring (bicyclic) bond motifs is 1. The molecule has 4 rings (SSSR count). The lowest BCUT2D eigenvalue weighted by atomic mass is 10.00. The first-order chi connectivity index (χ1) is 13.6. The molecule has 0 radical (unpaired) electrons. The van der Waals surface area contributed by atoms with Crippen LogP contribution in [-0.4, -0.2) is 29.9 Å². The second kappa shape index (κ2) is 6.96. The molecule has 1 aromatic heterocycles. The van der Waals surface area contributed by atoms with Crippen LogP contribution < -0.4 is 15.0 Å². The summed E-state index contributed by atoms with van der Waals surface area (Å²) in [6.45, 7) is 0. The third-order valence-corrected chi connectivity index (χ3v) is 4.44. The number of carbonyl (C=O) groups excluding carboxylic acids is 3. The number of pyridine rings is 1. The van der Waals surface area contributed by atoms with Gasteiger partial charge in [-0.3, -0.25) is 19.9 Å². The molecule has 0 bridgehead atoms. The average Bonchev–Trinajstić information content (AvgIpc) is 2.71. The van der Waals surface area contributed by atoms with Gasteiger partial charge in [0.15, 0.2) is 0 Å². The minimum Gasteiger partial charge on any atom is -0.496 e. The summed E-state index contributed by atoms with van der Waals surface area (Å²) < 4.78 is 5.38. The topological polar surface area (TPSA) is 88.6 Å². The van der Waals surface area contributed by atoms with E-state index in [0.717, 1.165) is 15.7 Å². The molecule has 138 valence electrons. The fourth-order valence-electron chi connectivity index (χ4n) is 3.13. The van der Waals surface area contributed by atoms with Crippen LogP contribution in [0.3, 0.4) is 0 Å². The number of rotatable bonds is 3. The molecule has 1 aliphatic rings. The highest BCUT2D eigenvalue weighted by Gasteiger charge is 2.37. The maximum Gasteiger partial charge on any atom is 0.336 e. The number of hydrogen-bond donors (Lipinski definition) is 1. The van der Waals surface area contributed by atoms with Crippen LogP contribution in [0.25, 0.3) is 16.8 Å². The second-order valence-electron chi connectivity index (χ2n) is 6.07. The number of urea groups is 1. The Kier molecular flexibility index (Phi) is 4.33. The fourth-order valence-corrected chi connectivity index (χ4v) is 3.13. The molecule has 1 fully saturated rings. The van der Waals surface area contributed by atoms with Crippen LogP contribution in [0.4, 0.5) is 10.5 Å². The molecule has 0 atom stereocenters. The summed E-state index contributed by atoms with van der Waals surface area (Å²) >= 11 is 0. The Morgan fingerprint density at radius 2 is 1.79 bits per heavy atom. The van der Waals surface area contributed by atoms with Crippen LogP contribution in [-0.2, 0) is 9.59 Å². The van der Waals surface area contributed by atoms with Gasteiger partial charge in [0.1, 0.15) is 11.3 Å². The average molecular weight is 373 g/mol. The summed E-state index contributed by atoms with van der Waals surface area (Å²) in [5, 5.41) is 3.88. The molecule has 4 amide bonds. The third-order valence-electron chi connectivity index (χ3n) is 4.44. The van der Waals surface area contributed by atoms with E-state index >= 15 is 0 Å². The van der Waals surface area contributed by atoms with Crippen LogP contribution in [0.5, 0.6) is 5.75 Å². The van der Waals surface area contributed by atoms with Crippen LogP contribution >= 0.6 is 0 Å². The molecule has 7 nitrogen and oxygen atoms in total. The minimum absolute atomic E-state index is 0.140. The number of benzene rings is 2. The molecule has 1 N–H and O–H groups in total. The van der Waals surface area contributed by atoms with Gasteiger partial charge in [-0.25, -0.2) is 9.69 Å². The number of ether oxygens (including phenoxy) is 1. The molecule has 28 heavy (non-hydrogen) atoms. The molecular weight excluding hydrogens is 358 g/mol. The normalized spacial score (nSPS) is 15.8. The van der Waals surface area contributed by atoms with Crippen molar-refractivity contribution in [1.29, 1.82) is 0 Å². The van der Waals surface area contributed by atoms with Gasteiger partial charge in [0.25, 0.3) is 11.8 Å². The Bertz CT molecular complexity index is 1140. The summed E-state index contributed by atoms with van der Waals surface area (Å²) in [6, 6.07) is 13.4. The lowest BCUT2D eigenvalue weighted by Crippen LogP contribution is -2.54. The van der Waals surface area contributed by atoms with Gasteiger partial charge in [-0.1, -0.05) is 30.3 Å². The molecular formula is C21H15N3O4. The summed E-state index contributed by atoms with van der Waals surface area (Å²) in [4.78, 5) is 42.3. The minimum atomic E-state index is -0.806. The van der Waals surface area contributed by atoms with E-state index in [1.165, 1.54) is 18.5 Å². The van der Waals surface area contributed by atoms with Gasteiger partial charge in [0.05, 0.1) is 19.0 Å². The predicted molar refractivity (Wildman–Crippen MR) is 104 cm³/mol. The zero-order valence-corrected chi connectivity index (χ0v) is 14.9. The number of aromatic nitrogens is 1. The van der Waals surface area contributed by atoms with Crippen molar-refractivity contribution >= 4 is 40.4 Å². The number of barbiturate groups is 1. The van der Waals surface area contributed by atoms with E-state index in [2.05, 4.69) is 10.3 Å². The van der Waals surface area contributed by atoms with Crippen molar-refractivity contribution in [3.05, 3.63) is 72.1 Å². The van der Waals surface area contributed by atoms with Crippen molar-refractivity contribution in [2.75, 3.05) is 12.0 Å². The number of amides is 4. The van der Waals surface area contributed by atoms with E-state index < -0.39 is 17.8 Å². The van der Waals surface area contributed by atoms with E-state index in [-0.39, 0.29) is 11.3 Å². The molecule has 0 saturated carbocycles. The highest BCUT2D eigenvalue weighted by atomic mass is 16.5. The van der Waals surface area contributed by atoms with Gasteiger partial charge < -0.3 is 4.74 Å². The van der Waals surface area contributed by atoms with Gasteiger partial charge in [-0.05, 0) is 35.2 Å². The Morgan fingerprint density at radius 1 is 1.00 bits per heavy atom. The highest BCUT2D eigenvalue weighted by molar-refractivity contribution is 6.39. The fraction of sp³-hybridized carbons (Fsp3) is 0.0476. The largest absolute Gasteiger partial charge is 0.496 e. The SMILES string of the molecule is COc1ccc(/C=C2\C(=O)NC(=O)N(c3cccnc3)C2=O)c2ccccc12. The molecule has 7 heteroatoms. The Labute approximate surface area is 160 Å². The van der Waals surface area contributed by atoms with E-state index in [9.17, 15) is 14.4 Å². The third kappa shape index (κ3) is 2.88. The molecule has 1 aliphatic heterocycles. The van der Waals surface area contributed by atoms with Crippen molar-refractivity contribution in [2.24, 2.45) is 0 Å². The lowest BCUT2D eigenvalue weighted by Gasteiger charge is -2.26. The van der Waals surface area contributed by atoms with Gasteiger partial charge in [-0.2, -0.15) is 0 Å². The monoisotopic (exact) mass is 373 g/mol. The van der Waals surface area contributed by atoms with Crippen LogP contribution in [0.1, 0.15) is 5.56 Å². The van der Waals surface area contributed by atoms with Gasteiger partial charge in [0.2, 0.25) is 0 Å². The van der Waals surface area contributed by atoms with Gasteiger partial charge in [-0.15, -0.1) is 0 Å². The molecule has 3 aromatic rings. The molecule has 0 spiro atoms. The maximum atomic E-state index is 12.9. The molecule has 1 saturated heterocycles. The van der Waals surface area contributed by atoms with Crippen molar-refractivity contribution < 1.29 is 19.1 Å². The van der Waals surface area contributed by atoms with E-state index in [1.807, 2.05) is 24.3 Å². The second-order valence-corrected chi connectivity index (χ2v) is 6.07. The molecule has 2 aromatic carbocycles. The van der Waals surface area contributed by atoms with Crippen LogP contribution in [0.15, 0.2) is 66.5 Å². The molecule has 0 aliphatic carbocycles. The van der Waals surface area contributed by atoms with Gasteiger partial charge in [0, 0.05) is 11.6 Å². The lowest BCUT2D eigenvalue weighted by molar-refractivity contribution is -0.122. The standard InChI is InChI=1S/C21H15N3O4/c1-28-18-9-8-13(15-6-2-3-7-16(15)18)11-17-19(25)23-21(27)24(20(17)26)14-5-4-10-22-12-14/h2-12H,1H3,(H,23,25,27)/b17-11+. The number of imide groups is 2. The highest BCUT2D eigenvalue weighted by Crippen LogP contribution is 2.30. The van der Waals surface area contributed by atoms with Crippen molar-refractivity contribution in [3.8, 4) is 5.75 Å². The van der Waals surface area contributed by atoms with E-state index in [1.54, 1.807) is 31.4 Å². The van der Waals surface area contributed by atoms with E-state index in [0.29, 0.717) is 11.3 Å². The number of nitrogens with zero attached hydrogens (tertiary/aromatic N) is 2. The van der Waals surface area contributed by atoms with Crippen molar-refractivity contribution in [2.45, 2.75) is 0 Å². The van der Waals surface area contributed by atoms with Crippen molar-refractivity contribution in [1.82, 2.24) is 10.3 Å². The maximum absolute atomic E-state index is 12.9. The van der Waals surface area contributed by atoms with Crippen LogP contribution in [0, 0.1) is 0 Å². The summed E-state index contributed by atoms with van der Waals surface area (Å²) in [5.41, 5.74) is 0.803. The van der Waals surface area contributed by atoms with Gasteiger partial charge >= 0.3 is 6.03 Å². The number of carbonyl (C=O) groups is 3. The predicted octanol–water partition coefficient (Wildman–Crippen LogP) is 2.91. The zero-order valence-electron chi connectivity index (χ0n) is 14.9. The molecule has 0 unspecified atom stereocenters. The smallest absolute Gasteiger partial charge is 0.336 e. The first kappa shape index (κ1) is 17.4. The van der Waals surface area contributed by atoms with E-state index in [4.69, 9.17) is 4.74 Å². The number of nitrogens with one attached hydrogen (secondary N) is 1. The Hall–Kier alpha value is -4.00. The first-order valence-electron chi connectivity index (χ1n) is 8.47. The number of hydrogen-bond acceptors (Lipinski definition) is 5. The Morgan fingerprint density at radius 3 is 2.50 bits per heavy atom. The zero-order chi connectivity index (χ0) is 19.7. The summed E-state index contributed by atoms with van der Waals surface area (Å²) in [7, 11) is 1.58. The summed E-state index contributed by atoms with van der Waals surface area (Å²) in [6.07, 6.45) is 4.39. The van der Waals surface area contributed by atoms with Crippen molar-refractivity contribution in [3.63, 3.8) is 0 Å². The quantitative estimate of drug-likeness (QED) is 0.563. The number of methoxy groups -OCH3 is 1.